The first-order valence-electron chi connectivity index (χ1n) is 3.37. The third kappa shape index (κ3) is 1.56. The molecule has 0 fully saturated rings. The standard InChI is InChI=1S/C9H8FN/c1-2-7-3-4-8(6-11)9(10)5-7/h2-3,5,8H,1,4H2. The molecule has 0 saturated carbocycles. The molecule has 0 N–H and O–H groups in total. The predicted octanol–water partition coefficient (Wildman–Crippen LogP) is 2.50. The van der Waals surface area contributed by atoms with Gasteiger partial charge in [0.05, 0.1) is 6.07 Å². The maximum absolute atomic E-state index is 12.8. The molecule has 0 aliphatic heterocycles. The van der Waals surface area contributed by atoms with Gasteiger partial charge in [0.1, 0.15) is 11.7 Å². The van der Waals surface area contributed by atoms with Gasteiger partial charge < -0.3 is 0 Å². The molecule has 1 aliphatic carbocycles. The Morgan fingerprint density at radius 3 is 3.00 bits per heavy atom. The summed E-state index contributed by atoms with van der Waals surface area (Å²) in [7, 11) is 0. The minimum Gasteiger partial charge on any atom is -0.210 e. The maximum atomic E-state index is 12.8. The Morgan fingerprint density at radius 1 is 1.82 bits per heavy atom. The van der Waals surface area contributed by atoms with Crippen molar-refractivity contribution in [1.29, 1.82) is 5.26 Å². The first kappa shape index (κ1) is 7.74. The van der Waals surface area contributed by atoms with Crippen molar-refractivity contribution >= 4 is 0 Å². The van der Waals surface area contributed by atoms with Crippen LogP contribution in [0, 0.1) is 17.2 Å². The molecule has 0 aromatic carbocycles. The molecule has 56 valence electrons. The zero-order valence-corrected chi connectivity index (χ0v) is 6.05. The highest BCUT2D eigenvalue weighted by Crippen LogP contribution is 2.24. The van der Waals surface area contributed by atoms with E-state index in [1.165, 1.54) is 6.08 Å². The molecule has 0 aromatic rings. The molecule has 0 saturated heterocycles. The SMILES string of the molecule is C=CC1=CCC(C#N)C(F)=C1. The van der Waals surface area contributed by atoms with Gasteiger partial charge in [0.2, 0.25) is 0 Å². The van der Waals surface area contributed by atoms with Crippen LogP contribution in [0.4, 0.5) is 4.39 Å². The summed E-state index contributed by atoms with van der Waals surface area (Å²) in [6.07, 6.45) is 5.20. The monoisotopic (exact) mass is 149 g/mol. The summed E-state index contributed by atoms with van der Waals surface area (Å²) in [4.78, 5) is 0. The fourth-order valence-corrected chi connectivity index (χ4v) is 0.942. The average molecular weight is 149 g/mol. The van der Waals surface area contributed by atoms with Crippen LogP contribution in [0.1, 0.15) is 6.42 Å². The van der Waals surface area contributed by atoms with Crippen LogP contribution < -0.4 is 0 Å². The lowest BCUT2D eigenvalue weighted by atomic mass is 9.97. The van der Waals surface area contributed by atoms with Crippen LogP contribution >= 0.6 is 0 Å². The third-order valence-electron chi connectivity index (χ3n) is 1.62. The van der Waals surface area contributed by atoms with Crippen molar-refractivity contribution in [3.63, 3.8) is 0 Å². The molecule has 1 rings (SSSR count). The van der Waals surface area contributed by atoms with E-state index in [0.29, 0.717) is 6.42 Å². The maximum Gasteiger partial charge on any atom is 0.118 e. The van der Waals surface area contributed by atoms with E-state index >= 15 is 0 Å². The molecule has 0 amide bonds. The molecule has 1 aliphatic rings. The number of rotatable bonds is 1. The molecule has 1 atom stereocenters. The van der Waals surface area contributed by atoms with Crippen LogP contribution in [0.15, 0.2) is 36.2 Å². The number of hydrogen-bond acceptors (Lipinski definition) is 1. The number of allylic oxidation sites excluding steroid dienone is 5. The van der Waals surface area contributed by atoms with Gasteiger partial charge in [-0.15, -0.1) is 0 Å². The van der Waals surface area contributed by atoms with Crippen LogP contribution in [0.2, 0.25) is 0 Å². The summed E-state index contributed by atoms with van der Waals surface area (Å²) in [6.45, 7) is 3.51. The van der Waals surface area contributed by atoms with Gasteiger partial charge in [-0.2, -0.15) is 5.26 Å². The third-order valence-corrected chi connectivity index (χ3v) is 1.62. The van der Waals surface area contributed by atoms with Crippen molar-refractivity contribution in [2.45, 2.75) is 6.42 Å². The van der Waals surface area contributed by atoms with Gasteiger partial charge >= 0.3 is 0 Å². The van der Waals surface area contributed by atoms with Gasteiger partial charge in [0.15, 0.2) is 0 Å². The van der Waals surface area contributed by atoms with Gasteiger partial charge in [0.25, 0.3) is 0 Å². The topological polar surface area (TPSA) is 23.8 Å². The first-order valence-corrected chi connectivity index (χ1v) is 3.37. The lowest BCUT2D eigenvalue weighted by Crippen LogP contribution is -2.00. The number of nitriles is 1. The molecule has 2 heteroatoms. The molecule has 0 radical (unpaired) electrons. The molecule has 1 unspecified atom stereocenters. The van der Waals surface area contributed by atoms with E-state index in [1.54, 1.807) is 6.08 Å². The highest BCUT2D eigenvalue weighted by atomic mass is 19.1. The highest BCUT2D eigenvalue weighted by Gasteiger charge is 2.15. The highest BCUT2D eigenvalue weighted by molar-refractivity contribution is 5.36. The zero-order chi connectivity index (χ0) is 8.27. The second-order valence-corrected chi connectivity index (χ2v) is 2.35. The van der Waals surface area contributed by atoms with Crippen LogP contribution in [-0.4, -0.2) is 0 Å². The Morgan fingerprint density at radius 2 is 2.55 bits per heavy atom. The van der Waals surface area contributed by atoms with E-state index in [-0.39, 0.29) is 5.83 Å². The van der Waals surface area contributed by atoms with E-state index in [4.69, 9.17) is 5.26 Å². The molecule has 11 heavy (non-hydrogen) atoms. The fourth-order valence-electron chi connectivity index (χ4n) is 0.942. The summed E-state index contributed by atoms with van der Waals surface area (Å²) < 4.78 is 12.8. The van der Waals surface area contributed by atoms with E-state index in [0.717, 1.165) is 5.57 Å². The molecule has 0 aromatic heterocycles. The van der Waals surface area contributed by atoms with E-state index in [9.17, 15) is 4.39 Å². The van der Waals surface area contributed by atoms with Crippen molar-refractivity contribution in [2.24, 2.45) is 5.92 Å². The lowest BCUT2D eigenvalue weighted by molar-refractivity contribution is 0.527. The normalized spacial score (nSPS) is 23.1. The minimum absolute atomic E-state index is 0.357. The molecule has 0 spiro atoms. The zero-order valence-electron chi connectivity index (χ0n) is 6.05. The van der Waals surface area contributed by atoms with Crippen molar-refractivity contribution in [3.05, 3.63) is 36.2 Å². The van der Waals surface area contributed by atoms with Gasteiger partial charge in [-0.3, -0.25) is 0 Å². The second-order valence-electron chi connectivity index (χ2n) is 2.35. The van der Waals surface area contributed by atoms with Gasteiger partial charge in [-0.05, 0) is 18.1 Å². The largest absolute Gasteiger partial charge is 0.210 e. The van der Waals surface area contributed by atoms with Gasteiger partial charge in [-0.25, -0.2) is 4.39 Å². The molecule has 0 heterocycles. The Hall–Kier alpha value is -1.36. The van der Waals surface area contributed by atoms with E-state index < -0.39 is 5.92 Å². The van der Waals surface area contributed by atoms with Crippen LogP contribution in [0.5, 0.6) is 0 Å². The fraction of sp³-hybridized carbons (Fsp3) is 0.222. The number of nitrogens with zero attached hydrogens (tertiary/aromatic N) is 1. The quantitative estimate of drug-likeness (QED) is 0.562. The van der Waals surface area contributed by atoms with Crippen LogP contribution in [0.3, 0.4) is 0 Å². The molecule has 1 nitrogen and oxygen atoms in total. The molecule has 0 bridgehead atoms. The summed E-state index contributed by atoms with van der Waals surface area (Å²) in [5.74, 6) is -0.941. The van der Waals surface area contributed by atoms with E-state index in [2.05, 4.69) is 6.58 Å². The number of hydrogen-bond donors (Lipinski definition) is 0. The Kier molecular flexibility index (Phi) is 2.22. The average Bonchev–Trinajstić information content (AvgIpc) is 2.04. The Balaban J connectivity index is 2.83. The summed E-state index contributed by atoms with van der Waals surface area (Å²) >= 11 is 0. The van der Waals surface area contributed by atoms with Crippen molar-refractivity contribution in [3.8, 4) is 6.07 Å². The molecular weight excluding hydrogens is 141 g/mol. The Bertz CT molecular complexity index is 268. The minimum atomic E-state index is -0.585. The second kappa shape index (κ2) is 3.16. The van der Waals surface area contributed by atoms with Gasteiger partial charge in [0, 0.05) is 0 Å². The lowest BCUT2D eigenvalue weighted by Gasteiger charge is -2.09. The van der Waals surface area contributed by atoms with Crippen LogP contribution in [0.25, 0.3) is 0 Å². The molecular formula is C9H8FN. The predicted molar refractivity (Wildman–Crippen MR) is 41.2 cm³/mol. The van der Waals surface area contributed by atoms with Gasteiger partial charge in [-0.1, -0.05) is 18.7 Å². The van der Waals surface area contributed by atoms with Crippen molar-refractivity contribution < 1.29 is 4.39 Å². The first-order chi connectivity index (χ1) is 5.27. The number of halogens is 1. The summed E-state index contributed by atoms with van der Waals surface area (Å²) in [5.41, 5.74) is 0.758. The van der Waals surface area contributed by atoms with Crippen molar-refractivity contribution in [1.82, 2.24) is 0 Å². The summed E-state index contributed by atoms with van der Waals surface area (Å²) in [6, 6.07) is 1.88. The smallest absolute Gasteiger partial charge is 0.118 e. The van der Waals surface area contributed by atoms with Crippen molar-refractivity contribution in [2.75, 3.05) is 0 Å². The van der Waals surface area contributed by atoms with Crippen LogP contribution in [-0.2, 0) is 0 Å². The van der Waals surface area contributed by atoms with E-state index in [1.807, 2.05) is 12.1 Å². The Labute approximate surface area is 65.1 Å². The summed E-state index contributed by atoms with van der Waals surface area (Å²) in [5, 5.41) is 8.43.